The molecule has 0 fully saturated rings. The molecule has 0 amide bonds. The maximum absolute atomic E-state index is 14.8. The molecule has 0 spiro atoms. The normalized spacial score (nSPS) is 13.4. The Bertz CT molecular complexity index is 2950. The Morgan fingerprint density at radius 2 is 1.21 bits per heavy atom. The topological polar surface area (TPSA) is 33.5 Å². The maximum atomic E-state index is 14.8. The minimum Gasteiger partial charge on any atom is -0.457 e. The van der Waals surface area contributed by atoms with E-state index in [9.17, 15) is 8.78 Å². The summed E-state index contributed by atoms with van der Waals surface area (Å²) in [6.07, 6.45) is 1.84. The van der Waals surface area contributed by atoms with Crippen molar-refractivity contribution < 1.29 is 13.5 Å². The molecule has 1 aliphatic heterocycles. The van der Waals surface area contributed by atoms with Crippen LogP contribution in [0.15, 0.2) is 140 Å². The van der Waals surface area contributed by atoms with E-state index in [2.05, 4.69) is 125 Å². The minimum atomic E-state index is -0.290. The van der Waals surface area contributed by atoms with Crippen LogP contribution in [0, 0.1) is 11.6 Å². The first-order valence-corrected chi connectivity index (χ1v) is 21.0. The Hall–Kier alpha value is -6.47. The highest BCUT2D eigenvalue weighted by molar-refractivity contribution is 6.09. The SMILES string of the molecule is CC(C)(C)c1cc(N2CN(c3cccc(Oc4ccc5c6cc(F)ccc6n(-c6cc(C(C)(C)C)ccn6)c5c4)c3)c3cccc(-c4cccc(F)c4)c32)cc(C(C)(C)C)c1. The van der Waals surface area contributed by atoms with E-state index in [1.54, 1.807) is 18.2 Å². The van der Waals surface area contributed by atoms with Crippen LogP contribution in [0.1, 0.15) is 79.0 Å². The van der Waals surface area contributed by atoms with E-state index in [4.69, 9.17) is 9.72 Å². The first kappa shape index (κ1) is 40.0. The molecule has 0 radical (unpaired) electrons. The molecule has 0 unspecified atom stereocenters. The lowest BCUT2D eigenvalue weighted by molar-refractivity contribution is 0.483. The molecule has 1 aliphatic rings. The Kier molecular flexibility index (Phi) is 9.58. The largest absolute Gasteiger partial charge is 0.457 e. The first-order valence-electron chi connectivity index (χ1n) is 21.0. The molecule has 0 saturated carbocycles. The fourth-order valence-corrected chi connectivity index (χ4v) is 8.42. The van der Waals surface area contributed by atoms with E-state index < -0.39 is 0 Å². The van der Waals surface area contributed by atoms with Crippen LogP contribution in [0.3, 0.4) is 0 Å². The van der Waals surface area contributed by atoms with Gasteiger partial charge in [0.25, 0.3) is 0 Å². The number of hydrogen-bond acceptors (Lipinski definition) is 4. The number of fused-ring (bicyclic) bond motifs is 4. The monoisotopic (exact) mass is 810 g/mol. The zero-order valence-electron chi connectivity index (χ0n) is 36.4. The van der Waals surface area contributed by atoms with E-state index >= 15 is 0 Å². The third kappa shape index (κ3) is 7.51. The van der Waals surface area contributed by atoms with Gasteiger partial charge in [-0.15, -0.1) is 0 Å². The van der Waals surface area contributed by atoms with Gasteiger partial charge in [-0.3, -0.25) is 4.57 Å². The number of pyridine rings is 1. The van der Waals surface area contributed by atoms with Gasteiger partial charge in [0.15, 0.2) is 0 Å². The van der Waals surface area contributed by atoms with Gasteiger partial charge in [0.1, 0.15) is 35.6 Å². The lowest BCUT2D eigenvalue weighted by Gasteiger charge is -2.30. The van der Waals surface area contributed by atoms with Crippen molar-refractivity contribution in [2.24, 2.45) is 0 Å². The third-order valence-corrected chi connectivity index (χ3v) is 11.9. The summed E-state index contributed by atoms with van der Waals surface area (Å²) in [5.74, 6) is 1.51. The van der Waals surface area contributed by atoms with Gasteiger partial charge in [-0.05, 0) is 123 Å². The fraction of sp³-hybridized carbons (Fsp3) is 0.241. The second kappa shape index (κ2) is 14.6. The average molecular weight is 811 g/mol. The number of ether oxygens (including phenoxy) is 1. The molecule has 0 aliphatic carbocycles. The van der Waals surface area contributed by atoms with Crippen molar-refractivity contribution in [3.05, 3.63) is 168 Å². The summed E-state index contributed by atoms with van der Waals surface area (Å²) in [4.78, 5) is 9.46. The molecule has 0 saturated heterocycles. The molecule has 6 aromatic carbocycles. The van der Waals surface area contributed by atoms with Crippen LogP contribution < -0.4 is 14.5 Å². The van der Waals surface area contributed by atoms with Gasteiger partial charge in [-0.2, -0.15) is 0 Å². The van der Waals surface area contributed by atoms with Crippen molar-refractivity contribution in [1.29, 1.82) is 0 Å². The summed E-state index contributed by atoms with van der Waals surface area (Å²) in [7, 11) is 0. The molecular weight excluding hydrogens is 759 g/mol. The molecule has 7 heteroatoms. The highest BCUT2D eigenvalue weighted by Gasteiger charge is 2.33. The first-order chi connectivity index (χ1) is 28.9. The van der Waals surface area contributed by atoms with E-state index in [1.807, 2.05) is 60.8 Å². The van der Waals surface area contributed by atoms with Crippen LogP contribution in [0.25, 0.3) is 38.8 Å². The molecule has 0 atom stereocenters. The number of aromatic nitrogens is 2. The second-order valence-electron chi connectivity index (χ2n) is 19.4. The standard InChI is InChI=1S/C54H52F2N4O/c1-52(2,3)35-23-24-57-50(29-35)60-47-22-19-39(56)30-46(47)45-21-20-43(32-49(45)60)61-42-16-11-15-40(31-42)58-33-59(41-27-36(53(4,5)6)26-37(28-41)54(7,8)9)51-44(17-12-18-48(51)58)34-13-10-14-38(55)25-34/h10-32H,33H2,1-9H3. The van der Waals surface area contributed by atoms with Gasteiger partial charge < -0.3 is 14.5 Å². The average Bonchev–Trinajstić information content (AvgIpc) is 3.76. The lowest BCUT2D eigenvalue weighted by Crippen LogP contribution is -2.25. The predicted octanol–water partition coefficient (Wildman–Crippen LogP) is 15.1. The van der Waals surface area contributed by atoms with Crippen molar-refractivity contribution in [2.75, 3.05) is 16.5 Å². The van der Waals surface area contributed by atoms with Crippen LogP contribution in [-0.2, 0) is 16.2 Å². The number of halogens is 2. The van der Waals surface area contributed by atoms with Gasteiger partial charge in [0, 0.05) is 46.0 Å². The van der Waals surface area contributed by atoms with Gasteiger partial charge in [0.05, 0.1) is 22.4 Å². The smallest absolute Gasteiger partial charge is 0.137 e. The Balaban J connectivity index is 1.14. The van der Waals surface area contributed by atoms with Gasteiger partial charge in [0.2, 0.25) is 0 Å². The van der Waals surface area contributed by atoms with E-state index in [0.29, 0.717) is 18.2 Å². The highest BCUT2D eigenvalue weighted by atomic mass is 19.1. The summed E-state index contributed by atoms with van der Waals surface area (Å²) in [5.41, 5.74) is 11.0. The molecule has 3 heterocycles. The summed E-state index contributed by atoms with van der Waals surface area (Å²) in [6.45, 7) is 20.6. The van der Waals surface area contributed by atoms with Gasteiger partial charge in [-0.1, -0.05) is 98.7 Å². The molecule has 0 N–H and O–H groups in total. The molecular formula is C54H52F2N4O. The lowest BCUT2D eigenvalue weighted by atomic mass is 9.80. The van der Waals surface area contributed by atoms with Crippen LogP contribution >= 0.6 is 0 Å². The van der Waals surface area contributed by atoms with E-state index in [-0.39, 0.29) is 27.9 Å². The van der Waals surface area contributed by atoms with E-state index in [0.717, 1.165) is 67.1 Å². The number of benzene rings is 6. The summed E-state index contributed by atoms with van der Waals surface area (Å²) >= 11 is 0. The maximum Gasteiger partial charge on any atom is 0.137 e. The van der Waals surface area contributed by atoms with Crippen LogP contribution in [0.2, 0.25) is 0 Å². The molecule has 5 nitrogen and oxygen atoms in total. The number of para-hydroxylation sites is 1. The predicted molar refractivity (Wildman–Crippen MR) is 249 cm³/mol. The molecule has 61 heavy (non-hydrogen) atoms. The highest BCUT2D eigenvalue weighted by Crippen LogP contribution is 2.51. The van der Waals surface area contributed by atoms with Crippen molar-refractivity contribution in [3.63, 3.8) is 0 Å². The van der Waals surface area contributed by atoms with Crippen molar-refractivity contribution >= 4 is 44.6 Å². The van der Waals surface area contributed by atoms with Gasteiger partial charge >= 0.3 is 0 Å². The van der Waals surface area contributed by atoms with Crippen molar-refractivity contribution in [2.45, 2.75) is 78.6 Å². The van der Waals surface area contributed by atoms with E-state index in [1.165, 1.54) is 23.3 Å². The zero-order valence-corrected chi connectivity index (χ0v) is 36.4. The summed E-state index contributed by atoms with van der Waals surface area (Å²) < 4.78 is 38.3. The minimum absolute atomic E-state index is 0.0768. The molecule has 0 bridgehead atoms. The summed E-state index contributed by atoms with van der Waals surface area (Å²) in [5, 5.41) is 1.72. The number of hydrogen-bond donors (Lipinski definition) is 0. The molecule has 2 aromatic heterocycles. The third-order valence-electron chi connectivity index (χ3n) is 11.9. The second-order valence-corrected chi connectivity index (χ2v) is 19.4. The molecule has 308 valence electrons. The Labute approximate surface area is 357 Å². The fourth-order valence-electron chi connectivity index (χ4n) is 8.42. The summed E-state index contributed by atoms with van der Waals surface area (Å²) in [6, 6.07) is 43.2. The molecule has 8 aromatic rings. The number of nitrogens with zero attached hydrogens (tertiary/aromatic N) is 4. The Morgan fingerprint density at radius 3 is 1.93 bits per heavy atom. The zero-order chi connectivity index (χ0) is 43.0. The van der Waals surface area contributed by atoms with Crippen LogP contribution in [0.4, 0.5) is 31.5 Å². The van der Waals surface area contributed by atoms with Crippen LogP contribution in [0.5, 0.6) is 11.5 Å². The Morgan fingerprint density at radius 1 is 0.525 bits per heavy atom. The number of anilines is 4. The molecule has 9 rings (SSSR count). The van der Waals surface area contributed by atoms with Crippen LogP contribution in [-0.4, -0.2) is 16.2 Å². The van der Waals surface area contributed by atoms with Crippen molar-refractivity contribution in [1.82, 2.24) is 9.55 Å². The van der Waals surface area contributed by atoms with Crippen molar-refractivity contribution in [3.8, 4) is 28.4 Å². The van der Waals surface area contributed by atoms with Gasteiger partial charge in [-0.25, -0.2) is 13.8 Å². The quantitative estimate of drug-likeness (QED) is 0.167. The number of rotatable bonds is 6.